The van der Waals surface area contributed by atoms with Gasteiger partial charge in [0.25, 0.3) is 0 Å². The maximum Gasteiger partial charge on any atom is 0.0893 e. The fraction of sp³-hybridized carbons (Fsp3) is 1.00. The van der Waals surface area contributed by atoms with Crippen molar-refractivity contribution >= 4 is 0 Å². The summed E-state index contributed by atoms with van der Waals surface area (Å²) in [6, 6.07) is 0. The number of epoxide rings is 2. The van der Waals surface area contributed by atoms with Crippen LogP contribution in [0.4, 0.5) is 0 Å². The largest absolute Gasteiger partial charge is 0.367 e. The summed E-state index contributed by atoms with van der Waals surface area (Å²) >= 11 is 0. The molecule has 0 spiro atoms. The van der Waals surface area contributed by atoms with Crippen LogP contribution in [0.25, 0.3) is 0 Å². The highest BCUT2D eigenvalue weighted by Gasteiger charge is 2.56. The van der Waals surface area contributed by atoms with Crippen molar-refractivity contribution in [2.75, 3.05) is 0 Å². The maximum atomic E-state index is 5.47. The van der Waals surface area contributed by atoms with Gasteiger partial charge in [0, 0.05) is 6.42 Å². The van der Waals surface area contributed by atoms with Crippen molar-refractivity contribution in [3.05, 3.63) is 0 Å². The predicted molar refractivity (Wildman–Crippen MR) is 42.5 cm³/mol. The van der Waals surface area contributed by atoms with Crippen LogP contribution in [0.3, 0.4) is 0 Å². The Hall–Kier alpha value is -0.0800. The van der Waals surface area contributed by atoms with Gasteiger partial charge in [-0.2, -0.15) is 0 Å². The second-order valence-electron chi connectivity index (χ2n) is 4.66. The van der Waals surface area contributed by atoms with Crippen molar-refractivity contribution < 1.29 is 9.47 Å². The molecule has 0 aromatic rings. The summed E-state index contributed by atoms with van der Waals surface area (Å²) in [5.74, 6) is 0. The summed E-state index contributed by atoms with van der Waals surface area (Å²) in [4.78, 5) is 0. The molecule has 11 heavy (non-hydrogen) atoms. The minimum absolute atomic E-state index is 0.127. The monoisotopic (exact) mass is 156 g/mol. The summed E-state index contributed by atoms with van der Waals surface area (Å²) in [7, 11) is 0. The molecule has 2 unspecified atom stereocenters. The van der Waals surface area contributed by atoms with Crippen LogP contribution in [-0.2, 0) is 9.47 Å². The first-order chi connectivity index (χ1) is 4.92. The number of hydrogen-bond acceptors (Lipinski definition) is 2. The lowest BCUT2D eigenvalue weighted by molar-refractivity contribution is 0.296. The number of ether oxygens (including phenoxy) is 2. The van der Waals surface area contributed by atoms with E-state index >= 15 is 0 Å². The molecule has 2 saturated heterocycles. The third-order valence-electron chi connectivity index (χ3n) is 2.76. The molecule has 2 heterocycles. The fourth-order valence-corrected chi connectivity index (χ4v) is 1.52. The first-order valence-corrected chi connectivity index (χ1v) is 4.27. The average molecular weight is 156 g/mol. The standard InChI is InChI=1S/C9H16O2/c1-8(2)6(10-8)5-7-9(3,4)11-7/h6-7H,5H2,1-4H3. The third kappa shape index (κ3) is 1.30. The van der Waals surface area contributed by atoms with Crippen LogP contribution in [0.1, 0.15) is 34.1 Å². The molecule has 64 valence electrons. The second kappa shape index (κ2) is 1.80. The zero-order chi connectivity index (χ0) is 8.28. The maximum absolute atomic E-state index is 5.47. The van der Waals surface area contributed by atoms with E-state index in [0.29, 0.717) is 12.2 Å². The van der Waals surface area contributed by atoms with Gasteiger partial charge in [-0.3, -0.25) is 0 Å². The van der Waals surface area contributed by atoms with E-state index in [1.54, 1.807) is 0 Å². The van der Waals surface area contributed by atoms with Gasteiger partial charge in [-0.1, -0.05) is 0 Å². The van der Waals surface area contributed by atoms with Crippen LogP contribution in [0, 0.1) is 0 Å². The van der Waals surface area contributed by atoms with Crippen molar-refractivity contribution in [1.29, 1.82) is 0 Å². The summed E-state index contributed by atoms with van der Waals surface area (Å²) in [6.07, 6.45) is 1.95. The third-order valence-corrected chi connectivity index (χ3v) is 2.76. The molecule has 2 nitrogen and oxygen atoms in total. The molecule has 0 aliphatic carbocycles. The molecule has 2 atom stereocenters. The molecule has 2 heteroatoms. The molecular weight excluding hydrogens is 140 g/mol. The van der Waals surface area contributed by atoms with Gasteiger partial charge in [-0.25, -0.2) is 0 Å². The highest BCUT2D eigenvalue weighted by atomic mass is 16.6. The van der Waals surface area contributed by atoms with Crippen molar-refractivity contribution in [2.45, 2.75) is 57.5 Å². The van der Waals surface area contributed by atoms with E-state index < -0.39 is 0 Å². The first-order valence-electron chi connectivity index (χ1n) is 4.27. The van der Waals surface area contributed by atoms with Crippen LogP contribution < -0.4 is 0 Å². The Balaban J connectivity index is 1.79. The molecule has 0 N–H and O–H groups in total. The summed E-state index contributed by atoms with van der Waals surface area (Å²) in [5, 5.41) is 0. The van der Waals surface area contributed by atoms with Crippen LogP contribution in [0.15, 0.2) is 0 Å². The molecule has 0 amide bonds. The van der Waals surface area contributed by atoms with Gasteiger partial charge >= 0.3 is 0 Å². The minimum atomic E-state index is 0.127. The van der Waals surface area contributed by atoms with Gasteiger partial charge in [0.1, 0.15) is 0 Å². The topological polar surface area (TPSA) is 25.1 Å². The van der Waals surface area contributed by atoms with Crippen molar-refractivity contribution in [3.8, 4) is 0 Å². The summed E-state index contributed by atoms with van der Waals surface area (Å²) < 4.78 is 10.9. The molecule has 2 aliphatic rings. The lowest BCUT2D eigenvalue weighted by Gasteiger charge is -1.94. The van der Waals surface area contributed by atoms with Crippen LogP contribution in [0.5, 0.6) is 0 Å². The van der Waals surface area contributed by atoms with E-state index in [2.05, 4.69) is 27.7 Å². The second-order valence-corrected chi connectivity index (χ2v) is 4.66. The molecule has 2 fully saturated rings. The lowest BCUT2D eigenvalue weighted by atomic mass is 10.0. The van der Waals surface area contributed by atoms with Crippen molar-refractivity contribution in [1.82, 2.24) is 0 Å². The van der Waals surface area contributed by atoms with E-state index in [-0.39, 0.29) is 11.2 Å². The van der Waals surface area contributed by atoms with E-state index in [0.717, 1.165) is 6.42 Å². The Labute approximate surface area is 67.9 Å². The SMILES string of the molecule is CC1(C)OC1CC1OC1(C)C. The smallest absolute Gasteiger partial charge is 0.0893 e. The van der Waals surface area contributed by atoms with Crippen LogP contribution >= 0.6 is 0 Å². The normalized spacial score (nSPS) is 43.6. The summed E-state index contributed by atoms with van der Waals surface area (Å²) in [5.41, 5.74) is 0.254. The van der Waals surface area contributed by atoms with E-state index in [1.807, 2.05) is 0 Å². The zero-order valence-corrected chi connectivity index (χ0v) is 7.68. The van der Waals surface area contributed by atoms with E-state index in [1.165, 1.54) is 0 Å². The predicted octanol–water partition coefficient (Wildman–Crippen LogP) is 1.73. The quantitative estimate of drug-likeness (QED) is 0.569. The Morgan fingerprint density at radius 2 is 1.18 bits per heavy atom. The lowest BCUT2D eigenvalue weighted by Crippen LogP contribution is -2.10. The van der Waals surface area contributed by atoms with Gasteiger partial charge in [0.2, 0.25) is 0 Å². The van der Waals surface area contributed by atoms with Gasteiger partial charge in [0.05, 0.1) is 23.4 Å². The van der Waals surface area contributed by atoms with E-state index in [9.17, 15) is 0 Å². The van der Waals surface area contributed by atoms with Gasteiger partial charge in [0.15, 0.2) is 0 Å². The zero-order valence-electron chi connectivity index (χ0n) is 7.68. The minimum Gasteiger partial charge on any atom is -0.367 e. The van der Waals surface area contributed by atoms with E-state index in [4.69, 9.17) is 9.47 Å². The van der Waals surface area contributed by atoms with Gasteiger partial charge < -0.3 is 9.47 Å². The summed E-state index contributed by atoms with van der Waals surface area (Å²) in [6.45, 7) is 8.53. The van der Waals surface area contributed by atoms with Crippen LogP contribution in [-0.4, -0.2) is 23.4 Å². The molecule has 2 aliphatic heterocycles. The molecule has 0 aromatic heterocycles. The van der Waals surface area contributed by atoms with Crippen molar-refractivity contribution in [2.24, 2.45) is 0 Å². The number of rotatable bonds is 2. The molecular formula is C9H16O2. The fourth-order valence-electron chi connectivity index (χ4n) is 1.52. The highest BCUT2D eigenvalue weighted by molar-refractivity contribution is 5.04. The molecule has 0 radical (unpaired) electrons. The average Bonchev–Trinajstić information content (AvgIpc) is 2.54. The Morgan fingerprint density at radius 3 is 1.36 bits per heavy atom. The Bertz CT molecular complexity index is 164. The number of hydrogen-bond donors (Lipinski definition) is 0. The Kier molecular flexibility index (Phi) is 1.24. The van der Waals surface area contributed by atoms with Crippen molar-refractivity contribution in [3.63, 3.8) is 0 Å². The first kappa shape index (κ1) is 7.56. The molecule has 0 aromatic carbocycles. The van der Waals surface area contributed by atoms with Gasteiger partial charge in [-0.05, 0) is 27.7 Å². The van der Waals surface area contributed by atoms with Crippen LogP contribution in [0.2, 0.25) is 0 Å². The molecule has 0 saturated carbocycles. The highest BCUT2D eigenvalue weighted by Crippen LogP contribution is 2.46. The molecule has 0 bridgehead atoms. The molecule has 2 rings (SSSR count). The Morgan fingerprint density at radius 1 is 0.909 bits per heavy atom. The van der Waals surface area contributed by atoms with Gasteiger partial charge in [-0.15, -0.1) is 0 Å².